The van der Waals surface area contributed by atoms with Crippen molar-refractivity contribution in [3.63, 3.8) is 0 Å². The molecule has 0 amide bonds. The molecule has 0 aliphatic heterocycles. The number of rotatable bonds is 2. The van der Waals surface area contributed by atoms with E-state index in [9.17, 15) is 0 Å². The molecule has 0 aliphatic rings. The largest absolute Gasteiger partial charge is 0.448 e. The monoisotopic (exact) mass is 208 g/mol. The number of nitrogens with zero attached hydrogens (tertiary/aromatic N) is 2. The fourth-order valence-electron chi connectivity index (χ4n) is 1.17. The number of oxazole rings is 1. The lowest BCUT2D eigenvalue weighted by molar-refractivity contribution is 0.502. The third-order valence-electron chi connectivity index (χ3n) is 1.88. The second kappa shape index (κ2) is 3.80. The molecule has 0 aromatic carbocycles. The molecule has 0 N–H and O–H groups in total. The minimum absolute atomic E-state index is 0.462. The highest BCUT2D eigenvalue weighted by Gasteiger charge is 2.04. The fraction of sp³-hybridized carbons (Fsp3) is 0.200. The zero-order chi connectivity index (χ0) is 9.97. The van der Waals surface area contributed by atoms with Crippen LogP contribution in [0, 0.1) is 0 Å². The van der Waals surface area contributed by atoms with Gasteiger partial charge in [-0.25, -0.2) is 9.97 Å². The first-order valence-electron chi connectivity index (χ1n) is 4.36. The van der Waals surface area contributed by atoms with Gasteiger partial charge in [0.15, 0.2) is 5.89 Å². The molecule has 72 valence electrons. The second-order valence-electron chi connectivity index (χ2n) is 2.85. The van der Waals surface area contributed by atoms with Crippen molar-refractivity contribution in [2.45, 2.75) is 13.3 Å². The number of hydrogen-bond acceptors (Lipinski definition) is 3. The Bertz CT molecular complexity index is 439. The molecule has 0 radical (unpaired) electrons. The summed E-state index contributed by atoms with van der Waals surface area (Å²) in [6.45, 7) is 2.00. The number of aromatic nitrogens is 2. The van der Waals surface area contributed by atoms with Gasteiger partial charge in [-0.15, -0.1) is 0 Å². The van der Waals surface area contributed by atoms with E-state index >= 15 is 0 Å². The molecule has 2 rings (SSSR count). The van der Waals surface area contributed by atoms with E-state index in [1.54, 1.807) is 18.5 Å². The molecule has 0 spiro atoms. The lowest BCUT2D eigenvalue weighted by Gasteiger charge is -1.94. The van der Waals surface area contributed by atoms with Crippen LogP contribution >= 0.6 is 11.6 Å². The van der Waals surface area contributed by atoms with Crippen molar-refractivity contribution in [3.8, 4) is 11.3 Å². The Morgan fingerprint density at radius 2 is 2.36 bits per heavy atom. The molecule has 0 bridgehead atoms. The van der Waals surface area contributed by atoms with E-state index in [0.29, 0.717) is 5.15 Å². The fourth-order valence-corrected chi connectivity index (χ4v) is 1.34. The maximum absolute atomic E-state index is 5.77. The van der Waals surface area contributed by atoms with E-state index in [-0.39, 0.29) is 0 Å². The van der Waals surface area contributed by atoms with Crippen LogP contribution in [-0.2, 0) is 6.42 Å². The minimum Gasteiger partial charge on any atom is -0.448 e. The van der Waals surface area contributed by atoms with Crippen molar-refractivity contribution in [1.82, 2.24) is 9.97 Å². The normalized spacial score (nSPS) is 10.4. The van der Waals surface area contributed by atoms with Crippen LogP contribution in [0.15, 0.2) is 29.0 Å². The van der Waals surface area contributed by atoms with Crippen molar-refractivity contribution in [1.29, 1.82) is 0 Å². The highest BCUT2D eigenvalue weighted by Crippen LogP contribution is 2.20. The molecule has 4 heteroatoms. The Kier molecular flexibility index (Phi) is 2.50. The van der Waals surface area contributed by atoms with Gasteiger partial charge in [0.25, 0.3) is 0 Å². The quantitative estimate of drug-likeness (QED) is 0.713. The van der Waals surface area contributed by atoms with Crippen LogP contribution in [0.3, 0.4) is 0 Å². The Labute approximate surface area is 86.8 Å². The molecule has 3 nitrogen and oxygen atoms in total. The van der Waals surface area contributed by atoms with E-state index in [2.05, 4.69) is 9.97 Å². The predicted octanol–water partition coefficient (Wildman–Crippen LogP) is 2.95. The highest BCUT2D eigenvalue weighted by molar-refractivity contribution is 6.29. The summed E-state index contributed by atoms with van der Waals surface area (Å²) in [4.78, 5) is 8.19. The average Bonchev–Trinajstić information content (AvgIpc) is 2.66. The number of pyridine rings is 1. The van der Waals surface area contributed by atoms with Gasteiger partial charge in [-0.05, 0) is 12.1 Å². The molecule has 0 saturated carbocycles. The van der Waals surface area contributed by atoms with E-state index in [0.717, 1.165) is 23.6 Å². The number of halogens is 1. The van der Waals surface area contributed by atoms with E-state index in [1.807, 2.05) is 13.0 Å². The van der Waals surface area contributed by atoms with Crippen molar-refractivity contribution < 1.29 is 4.42 Å². The second-order valence-corrected chi connectivity index (χ2v) is 3.23. The van der Waals surface area contributed by atoms with Crippen molar-refractivity contribution in [2.24, 2.45) is 0 Å². The summed E-state index contributed by atoms with van der Waals surface area (Å²) < 4.78 is 5.23. The van der Waals surface area contributed by atoms with Gasteiger partial charge in [0.2, 0.25) is 0 Å². The molecule has 2 aromatic heterocycles. The van der Waals surface area contributed by atoms with E-state index < -0.39 is 0 Å². The molecule has 0 fully saturated rings. The van der Waals surface area contributed by atoms with Crippen molar-refractivity contribution in [3.05, 3.63) is 35.6 Å². The first-order chi connectivity index (χ1) is 6.79. The zero-order valence-electron chi connectivity index (χ0n) is 7.70. The third-order valence-corrected chi connectivity index (χ3v) is 2.08. The first-order valence-corrected chi connectivity index (χ1v) is 4.73. The average molecular weight is 209 g/mol. The summed E-state index contributed by atoms with van der Waals surface area (Å²) in [5, 5.41) is 0.462. The lowest BCUT2D eigenvalue weighted by Crippen LogP contribution is -1.82. The summed E-state index contributed by atoms with van der Waals surface area (Å²) in [6.07, 6.45) is 4.07. The smallest absolute Gasteiger partial charge is 0.194 e. The standard InChI is InChI=1S/C10H9ClN2O/c1-2-10-13-8(6-14-10)7-3-4-12-9(11)5-7/h3-6H,2H2,1H3. The Hall–Kier alpha value is -1.35. The van der Waals surface area contributed by atoms with Crippen molar-refractivity contribution in [2.75, 3.05) is 0 Å². The van der Waals surface area contributed by atoms with Gasteiger partial charge in [0.1, 0.15) is 17.1 Å². The van der Waals surface area contributed by atoms with E-state index in [1.165, 1.54) is 0 Å². The van der Waals surface area contributed by atoms with Gasteiger partial charge in [-0.2, -0.15) is 0 Å². The maximum Gasteiger partial charge on any atom is 0.194 e. The molecular formula is C10H9ClN2O. The van der Waals surface area contributed by atoms with Crippen LogP contribution in [0.4, 0.5) is 0 Å². The van der Waals surface area contributed by atoms with Gasteiger partial charge >= 0.3 is 0 Å². The zero-order valence-corrected chi connectivity index (χ0v) is 8.45. The summed E-state index contributed by atoms with van der Waals surface area (Å²) in [6, 6.07) is 3.61. The van der Waals surface area contributed by atoms with Crippen LogP contribution in [0.1, 0.15) is 12.8 Å². The number of hydrogen-bond donors (Lipinski definition) is 0. The Balaban J connectivity index is 2.39. The maximum atomic E-state index is 5.77. The Morgan fingerprint density at radius 3 is 3.00 bits per heavy atom. The van der Waals surface area contributed by atoms with Crippen LogP contribution in [0.5, 0.6) is 0 Å². The van der Waals surface area contributed by atoms with E-state index in [4.69, 9.17) is 16.0 Å². The van der Waals surface area contributed by atoms with Crippen LogP contribution in [0.25, 0.3) is 11.3 Å². The molecule has 0 atom stereocenters. The summed E-state index contributed by atoms with van der Waals surface area (Å²) in [7, 11) is 0. The molecule has 2 heterocycles. The highest BCUT2D eigenvalue weighted by atomic mass is 35.5. The summed E-state index contributed by atoms with van der Waals surface area (Å²) in [5.74, 6) is 0.730. The Morgan fingerprint density at radius 1 is 1.50 bits per heavy atom. The molecule has 2 aromatic rings. The van der Waals surface area contributed by atoms with Gasteiger partial charge < -0.3 is 4.42 Å². The molecule has 14 heavy (non-hydrogen) atoms. The molecule has 0 aliphatic carbocycles. The first kappa shape index (κ1) is 9.21. The minimum atomic E-state index is 0.462. The SMILES string of the molecule is CCc1nc(-c2ccnc(Cl)c2)co1. The summed E-state index contributed by atoms with van der Waals surface area (Å²) in [5.41, 5.74) is 1.72. The van der Waals surface area contributed by atoms with Gasteiger partial charge in [-0.1, -0.05) is 18.5 Å². The topological polar surface area (TPSA) is 38.9 Å². The number of aryl methyl sites for hydroxylation is 1. The van der Waals surface area contributed by atoms with Crippen LogP contribution in [0.2, 0.25) is 5.15 Å². The van der Waals surface area contributed by atoms with Gasteiger partial charge in [0.05, 0.1) is 0 Å². The van der Waals surface area contributed by atoms with Gasteiger partial charge in [0, 0.05) is 18.2 Å². The summed E-state index contributed by atoms with van der Waals surface area (Å²) >= 11 is 5.77. The lowest BCUT2D eigenvalue weighted by atomic mass is 10.2. The molecular weight excluding hydrogens is 200 g/mol. The predicted molar refractivity (Wildman–Crippen MR) is 54.1 cm³/mol. The van der Waals surface area contributed by atoms with Crippen molar-refractivity contribution >= 4 is 11.6 Å². The van der Waals surface area contributed by atoms with Crippen LogP contribution < -0.4 is 0 Å². The van der Waals surface area contributed by atoms with Gasteiger partial charge in [-0.3, -0.25) is 0 Å². The molecule has 0 unspecified atom stereocenters. The molecule has 0 saturated heterocycles. The third kappa shape index (κ3) is 1.77. The van der Waals surface area contributed by atoms with Crippen LogP contribution in [-0.4, -0.2) is 9.97 Å².